The van der Waals surface area contributed by atoms with Crippen LogP contribution in [0.25, 0.3) is 0 Å². The van der Waals surface area contributed by atoms with Crippen LogP contribution in [-0.2, 0) is 4.74 Å². The Hall–Kier alpha value is -0.0800. The van der Waals surface area contributed by atoms with Gasteiger partial charge in [0.05, 0.1) is 6.10 Å². The largest absolute Gasteiger partial charge is 0.380 e. The molecule has 0 aromatic heterocycles. The van der Waals surface area contributed by atoms with E-state index >= 15 is 0 Å². The van der Waals surface area contributed by atoms with E-state index in [2.05, 4.69) is 32.6 Å². The summed E-state index contributed by atoms with van der Waals surface area (Å²) < 4.78 is 5.64. The van der Waals surface area contributed by atoms with Crippen LogP contribution >= 0.6 is 0 Å². The van der Waals surface area contributed by atoms with Gasteiger partial charge in [0, 0.05) is 18.7 Å². The quantitative estimate of drug-likeness (QED) is 0.714. The fraction of sp³-hybridized carbons (Fsp3) is 1.00. The van der Waals surface area contributed by atoms with Crippen molar-refractivity contribution >= 4 is 0 Å². The van der Waals surface area contributed by atoms with Crippen LogP contribution in [0.5, 0.6) is 0 Å². The van der Waals surface area contributed by atoms with Gasteiger partial charge in [-0.3, -0.25) is 4.90 Å². The molecule has 2 nitrogen and oxygen atoms in total. The summed E-state index contributed by atoms with van der Waals surface area (Å²) in [4.78, 5) is 2.60. The first kappa shape index (κ1) is 13.0. The van der Waals surface area contributed by atoms with Gasteiger partial charge in [-0.25, -0.2) is 0 Å². The summed E-state index contributed by atoms with van der Waals surface area (Å²) in [5.74, 6) is 0. The van der Waals surface area contributed by atoms with Gasteiger partial charge in [-0.05, 0) is 40.2 Å². The molecule has 0 N–H and O–H groups in total. The van der Waals surface area contributed by atoms with Crippen LogP contribution < -0.4 is 0 Å². The number of ether oxygens (including phenoxy) is 1. The van der Waals surface area contributed by atoms with Crippen molar-refractivity contribution in [2.45, 2.75) is 71.1 Å². The van der Waals surface area contributed by atoms with E-state index in [1.165, 1.54) is 25.7 Å². The fourth-order valence-corrected chi connectivity index (χ4v) is 2.92. The molecule has 0 aliphatic heterocycles. The van der Waals surface area contributed by atoms with Gasteiger partial charge in [0.2, 0.25) is 0 Å². The lowest BCUT2D eigenvalue weighted by molar-refractivity contribution is -0.0415. The molecule has 1 unspecified atom stereocenters. The van der Waals surface area contributed by atoms with Gasteiger partial charge in [0.25, 0.3) is 0 Å². The van der Waals surface area contributed by atoms with E-state index in [1.807, 2.05) is 7.11 Å². The van der Waals surface area contributed by atoms with Gasteiger partial charge in [0.1, 0.15) is 0 Å². The molecule has 1 fully saturated rings. The highest BCUT2D eigenvalue weighted by Crippen LogP contribution is 2.29. The SMILES string of the molecule is CCN(C1CCCC[C@@H]1OC)C(C)(C)C. The lowest BCUT2D eigenvalue weighted by Crippen LogP contribution is -2.54. The summed E-state index contributed by atoms with van der Waals surface area (Å²) in [5, 5.41) is 0. The smallest absolute Gasteiger partial charge is 0.0726 e. The Bertz CT molecular complexity index is 185. The zero-order chi connectivity index (χ0) is 11.5. The molecule has 90 valence electrons. The highest BCUT2D eigenvalue weighted by molar-refractivity contribution is 4.89. The summed E-state index contributed by atoms with van der Waals surface area (Å²) in [6, 6.07) is 0.619. The lowest BCUT2D eigenvalue weighted by atomic mass is 9.88. The number of methoxy groups -OCH3 is 1. The van der Waals surface area contributed by atoms with Crippen molar-refractivity contribution < 1.29 is 4.74 Å². The Kier molecular flexibility index (Phi) is 4.60. The number of nitrogens with zero attached hydrogens (tertiary/aromatic N) is 1. The molecule has 1 aliphatic rings. The zero-order valence-electron chi connectivity index (χ0n) is 11.0. The van der Waals surface area contributed by atoms with Crippen LogP contribution in [0.2, 0.25) is 0 Å². The summed E-state index contributed by atoms with van der Waals surface area (Å²) in [6.45, 7) is 10.3. The molecule has 2 heteroatoms. The van der Waals surface area contributed by atoms with E-state index in [1.54, 1.807) is 0 Å². The van der Waals surface area contributed by atoms with E-state index in [9.17, 15) is 0 Å². The third-order valence-electron chi connectivity index (χ3n) is 3.57. The Morgan fingerprint density at radius 3 is 2.27 bits per heavy atom. The maximum Gasteiger partial charge on any atom is 0.0726 e. The van der Waals surface area contributed by atoms with Crippen molar-refractivity contribution in [1.29, 1.82) is 0 Å². The van der Waals surface area contributed by atoms with Gasteiger partial charge in [-0.1, -0.05) is 19.8 Å². The van der Waals surface area contributed by atoms with Crippen molar-refractivity contribution in [2.24, 2.45) is 0 Å². The van der Waals surface area contributed by atoms with E-state index in [4.69, 9.17) is 4.74 Å². The first-order chi connectivity index (χ1) is 7.00. The van der Waals surface area contributed by atoms with Crippen molar-refractivity contribution in [3.63, 3.8) is 0 Å². The highest BCUT2D eigenvalue weighted by atomic mass is 16.5. The second kappa shape index (κ2) is 5.31. The number of likely N-dealkylation sites (N-methyl/N-ethyl adjacent to an activating group) is 1. The Balaban J connectivity index is 2.72. The molecule has 0 bridgehead atoms. The van der Waals surface area contributed by atoms with E-state index in [0.717, 1.165) is 6.54 Å². The van der Waals surface area contributed by atoms with Crippen LogP contribution in [0.4, 0.5) is 0 Å². The molecule has 15 heavy (non-hydrogen) atoms. The van der Waals surface area contributed by atoms with Crippen LogP contribution in [0.3, 0.4) is 0 Å². The molecule has 2 atom stereocenters. The normalized spacial score (nSPS) is 28.4. The number of hydrogen-bond donors (Lipinski definition) is 0. The van der Waals surface area contributed by atoms with Gasteiger partial charge < -0.3 is 4.74 Å². The summed E-state index contributed by atoms with van der Waals surface area (Å²) >= 11 is 0. The average Bonchev–Trinajstić information content (AvgIpc) is 2.17. The van der Waals surface area contributed by atoms with Crippen LogP contribution in [-0.4, -0.2) is 36.2 Å². The molecule has 1 rings (SSSR count). The molecule has 0 amide bonds. The maximum absolute atomic E-state index is 5.64. The summed E-state index contributed by atoms with van der Waals surface area (Å²) in [6.07, 6.45) is 5.66. The first-order valence-corrected chi connectivity index (χ1v) is 6.30. The molecule has 0 saturated heterocycles. The molecule has 0 heterocycles. The molecule has 0 aromatic carbocycles. The minimum absolute atomic E-state index is 0.257. The van der Waals surface area contributed by atoms with Crippen molar-refractivity contribution in [3.8, 4) is 0 Å². The minimum atomic E-state index is 0.257. The first-order valence-electron chi connectivity index (χ1n) is 6.30. The minimum Gasteiger partial charge on any atom is -0.380 e. The average molecular weight is 213 g/mol. The molecular formula is C13H27NO. The van der Waals surface area contributed by atoms with E-state index < -0.39 is 0 Å². The second-order valence-electron chi connectivity index (χ2n) is 5.58. The maximum atomic E-state index is 5.64. The zero-order valence-corrected chi connectivity index (χ0v) is 11.0. The standard InChI is InChI=1S/C13H27NO/c1-6-14(13(2,3)4)11-9-7-8-10-12(11)15-5/h11-12H,6-10H2,1-5H3/t11?,12-/m0/s1. The molecular weight excluding hydrogens is 186 g/mol. The predicted molar refractivity (Wildman–Crippen MR) is 65.2 cm³/mol. The molecule has 0 spiro atoms. The number of hydrogen-bond acceptors (Lipinski definition) is 2. The second-order valence-corrected chi connectivity index (χ2v) is 5.58. The van der Waals surface area contributed by atoms with Gasteiger partial charge in [-0.2, -0.15) is 0 Å². The third kappa shape index (κ3) is 3.18. The lowest BCUT2D eigenvalue weighted by Gasteiger charge is -2.45. The van der Waals surface area contributed by atoms with Gasteiger partial charge in [-0.15, -0.1) is 0 Å². The van der Waals surface area contributed by atoms with Crippen LogP contribution in [0.1, 0.15) is 53.4 Å². The van der Waals surface area contributed by atoms with Crippen molar-refractivity contribution in [3.05, 3.63) is 0 Å². The topological polar surface area (TPSA) is 12.5 Å². The molecule has 0 radical (unpaired) electrons. The number of rotatable bonds is 3. The fourth-order valence-electron chi connectivity index (χ4n) is 2.92. The molecule has 1 saturated carbocycles. The van der Waals surface area contributed by atoms with Crippen LogP contribution in [0, 0.1) is 0 Å². The van der Waals surface area contributed by atoms with E-state index in [0.29, 0.717) is 12.1 Å². The monoisotopic (exact) mass is 213 g/mol. The Morgan fingerprint density at radius 1 is 1.20 bits per heavy atom. The van der Waals surface area contributed by atoms with Crippen LogP contribution in [0.15, 0.2) is 0 Å². The van der Waals surface area contributed by atoms with Crippen molar-refractivity contribution in [2.75, 3.05) is 13.7 Å². The highest BCUT2D eigenvalue weighted by Gasteiger charge is 2.34. The summed E-state index contributed by atoms with van der Waals surface area (Å²) in [7, 11) is 1.86. The molecule has 0 aromatic rings. The predicted octanol–water partition coefficient (Wildman–Crippen LogP) is 3.06. The van der Waals surface area contributed by atoms with Gasteiger partial charge >= 0.3 is 0 Å². The Morgan fingerprint density at radius 2 is 1.80 bits per heavy atom. The Labute approximate surface area is 95.0 Å². The third-order valence-corrected chi connectivity index (χ3v) is 3.57. The van der Waals surface area contributed by atoms with E-state index in [-0.39, 0.29) is 5.54 Å². The van der Waals surface area contributed by atoms with Gasteiger partial charge in [0.15, 0.2) is 0 Å². The summed E-state index contributed by atoms with van der Waals surface area (Å²) in [5.41, 5.74) is 0.257. The van der Waals surface area contributed by atoms with Crippen molar-refractivity contribution in [1.82, 2.24) is 4.90 Å². The molecule has 1 aliphatic carbocycles.